The number of esters is 1. The van der Waals surface area contributed by atoms with Crippen molar-refractivity contribution in [1.82, 2.24) is 4.57 Å². The summed E-state index contributed by atoms with van der Waals surface area (Å²) in [5.74, 6) is -0.574. The van der Waals surface area contributed by atoms with Crippen molar-refractivity contribution >= 4 is 12.1 Å². The third-order valence-corrected chi connectivity index (χ3v) is 1.51. The molecule has 5 heteroatoms. The summed E-state index contributed by atoms with van der Waals surface area (Å²) in [6.45, 7) is 0. The number of hydrogen-bond donors (Lipinski definition) is 0. The van der Waals surface area contributed by atoms with Crippen molar-refractivity contribution in [3.05, 3.63) is 24.0 Å². The topological polar surface area (TPSA) is 57.5 Å². The van der Waals surface area contributed by atoms with Gasteiger partial charge in [0.25, 0.3) is 0 Å². The van der Waals surface area contributed by atoms with Crippen LogP contribution in [-0.2, 0) is 9.47 Å². The monoisotopic (exact) mass is 183 g/mol. The van der Waals surface area contributed by atoms with Gasteiger partial charge in [-0.15, -0.1) is 0 Å². The van der Waals surface area contributed by atoms with Gasteiger partial charge in [0.1, 0.15) is 5.69 Å². The maximum Gasteiger partial charge on any atom is 0.418 e. The van der Waals surface area contributed by atoms with E-state index in [1.807, 2.05) is 0 Å². The van der Waals surface area contributed by atoms with Crippen LogP contribution in [0.25, 0.3) is 0 Å². The first-order valence-corrected chi connectivity index (χ1v) is 3.54. The van der Waals surface area contributed by atoms with E-state index in [4.69, 9.17) is 0 Å². The van der Waals surface area contributed by atoms with Crippen molar-refractivity contribution < 1.29 is 19.1 Å². The molecule has 70 valence electrons. The van der Waals surface area contributed by atoms with E-state index in [1.54, 1.807) is 6.07 Å². The Morgan fingerprint density at radius 3 is 2.54 bits per heavy atom. The van der Waals surface area contributed by atoms with E-state index in [2.05, 4.69) is 9.47 Å². The van der Waals surface area contributed by atoms with Gasteiger partial charge < -0.3 is 9.47 Å². The molecule has 0 saturated carbocycles. The molecule has 0 spiro atoms. The maximum absolute atomic E-state index is 11.1. The molecule has 0 aliphatic carbocycles. The van der Waals surface area contributed by atoms with Crippen LogP contribution >= 0.6 is 0 Å². The highest BCUT2D eigenvalue weighted by Crippen LogP contribution is 2.04. The Labute approximate surface area is 74.9 Å². The number of nitrogens with zero attached hydrogens (tertiary/aromatic N) is 1. The van der Waals surface area contributed by atoms with Crippen LogP contribution in [0.1, 0.15) is 10.5 Å². The SMILES string of the molecule is COC(=O)c1cccn1C(=O)OC. The molecule has 0 aliphatic heterocycles. The highest BCUT2D eigenvalue weighted by atomic mass is 16.5. The number of ether oxygens (including phenoxy) is 2. The van der Waals surface area contributed by atoms with Crippen LogP contribution in [0.5, 0.6) is 0 Å². The van der Waals surface area contributed by atoms with Gasteiger partial charge in [0.15, 0.2) is 0 Å². The van der Waals surface area contributed by atoms with Crippen LogP contribution < -0.4 is 0 Å². The number of methoxy groups -OCH3 is 2. The van der Waals surface area contributed by atoms with Crippen molar-refractivity contribution in [3.8, 4) is 0 Å². The summed E-state index contributed by atoms with van der Waals surface area (Å²) in [6, 6.07) is 3.03. The van der Waals surface area contributed by atoms with Gasteiger partial charge in [0.2, 0.25) is 0 Å². The lowest BCUT2D eigenvalue weighted by molar-refractivity contribution is 0.0587. The third-order valence-electron chi connectivity index (χ3n) is 1.51. The number of carbonyl (C=O) groups excluding carboxylic acids is 2. The van der Waals surface area contributed by atoms with Crippen LogP contribution in [0, 0.1) is 0 Å². The predicted octanol–water partition coefficient (Wildman–Crippen LogP) is 0.889. The summed E-state index contributed by atoms with van der Waals surface area (Å²) in [5, 5.41) is 0. The second-order valence-electron chi connectivity index (χ2n) is 2.23. The van der Waals surface area contributed by atoms with E-state index in [9.17, 15) is 9.59 Å². The molecule has 13 heavy (non-hydrogen) atoms. The lowest BCUT2D eigenvalue weighted by Crippen LogP contribution is -2.17. The van der Waals surface area contributed by atoms with Crippen LogP contribution in [0.4, 0.5) is 4.79 Å². The highest BCUT2D eigenvalue weighted by Gasteiger charge is 2.15. The molecule has 0 fully saturated rings. The first kappa shape index (κ1) is 9.31. The molecule has 0 radical (unpaired) electrons. The van der Waals surface area contributed by atoms with Gasteiger partial charge in [-0.1, -0.05) is 0 Å². The third kappa shape index (κ3) is 1.69. The van der Waals surface area contributed by atoms with E-state index in [1.165, 1.54) is 26.5 Å². The normalized spacial score (nSPS) is 9.38. The minimum atomic E-state index is -0.620. The first-order chi connectivity index (χ1) is 6.20. The molecule has 0 amide bonds. The number of aromatic nitrogens is 1. The average molecular weight is 183 g/mol. The Bertz CT molecular complexity index is 298. The molecule has 1 heterocycles. The Balaban J connectivity index is 3.02. The molecule has 0 saturated heterocycles. The van der Waals surface area contributed by atoms with Gasteiger partial charge in [0, 0.05) is 6.20 Å². The zero-order valence-corrected chi connectivity index (χ0v) is 7.31. The fraction of sp³-hybridized carbons (Fsp3) is 0.250. The van der Waals surface area contributed by atoms with Crippen molar-refractivity contribution in [1.29, 1.82) is 0 Å². The second kappa shape index (κ2) is 3.75. The second-order valence-corrected chi connectivity index (χ2v) is 2.23. The summed E-state index contributed by atoms with van der Waals surface area (Å²) >= 11 is 0. The van der Waals surface area contributed by atoms with Gasteiger partial charge >= 0.3 is 12.1 Å². The minimum Gasteiger partial charge on any atom is -0.464 e. The Morgan fingerprint density at radius 1 is 1.31 bits per heavy atom. The fourth-order valence-electron chi connectivity index (χ4n) is 0.909. The number of rotatable bonds is 1. The molecule has 0 atom stereocenters. The van der Waals surface area contributed by atoms with E-state index in [-0.39, 0.29) is 5.69 Å². The molecular weight excluding hydrogens is 174 g/mol. The summed E-state index contributed by atoms with van der Waals surface area (Å²) in [6.07, 6.45) is 0.809. The predicted molar refractivity (Wildman–Crippen MR) is 43.6 cm³/mol. The summed E-state index contributed by atoms with van der Waals surface area (Å²) in [4.78, 5) is 22.1. The van der Waals surface area contributed by atoms with Crippen molar-refractivity contribution in [2.75, 3.05) is 14.2 Å². The standard InChI is InChI=1S/C8H9NO4/c1-12-7(10)6-4-3-5-9(6)8(11)13-2/h3-5H,1-2H3. The minimum absolute atomic E-state index is 0.148. The molecule has 5 nitrogen and oxygen atoms in total. The molecular formula is C8H9NO4. The average Bonchev–Trinajstić information content (AvgIpc) is 2.63. The number of carbonyl (C=O) groups is 2. The largest absolute Gasteiger partial charge is 0.464 e. The van der Waals surface area contributed by atoms with Crippen molar-refractivity contribution in [2.24, 2.45) is 0 Å². The zero-order chi connectivity index (χ0) is 9.84. The van der Waals surface area contributed by atoms with Gasteiger partial charge in [-0.25, -0.2) is 14.2 Å². The van der Waals surface area contributed by atoms with Gasteiger partial charge in [-0.3, -0.25) is 0 Å². The van der Waals surface area contributed by atoms with Crippen LogP contribution in [-0.4, -0.2) is 30.8 Å². The fourth-order valence-corrected chi connectivity index (χ4v) is 0.909. The van der Waals surface area contributed by atoms with E-state index >= 15 is 0 Å². The number of hydrogen-bond acceptors (Lipinski definition) is 4. The van der Waals surface area contributed by atoms with Crippen LogP contribution in [0.2, 0.25) is 0 Å². The van der Waals surface area contributed by atoms with Crippen LogP contribution in [0.15, 0.2) is 18.3 Å². The molecule has 0 aromatic carbocycles. The Morgan fingerprint density at radius 2 is 2.00 bits per heavy atom. The van der Waals surface area contributed by atoms with Gasteiger partial charge in [-0.2, -0.15) is 0 Å². The zero-order valence-electron chi connectivity index (χ0n) is 7.31. The summed E-state index contributed by atoms with van der Waals surface area (Å²) < 4.78 is 9.98. The summed E-state index contributed by atoms with van der Waals surface area (Å²) in [7, 11) is 2.49. The smallest absolute Gasteiger partial charge is 0.418 e. The Hall–Kier alpha value is -1.78. The molecule has 1 rings (SSSR count). The molecule has 0 bridgehead atoms. The quantitative estimate of drug-likeness (QED) is 0.606. The maximum atomic E-state index is 11.1. The van der Waals surface area contributed by atoms with Gasteiger partial charge in [0.05, 0.1) is 14.2 Å². The lowest BCUT2D eigenvalue weighted by atomic mass is 10.4. The van der Waals surface area contributed by atoms with Crippen molar-refractivity contribution in [2.45, 2.75) is 0 Å². The molecule has 0 N–H and O–H groups in total. The van der Waals surface area contributed by atoms with E-state index < -0.39 is 12.1 Å². The molecule has 0 aliphatic rings. The Kier molecular flexibility index (Phi) is 2.69. The van der Waals surface area contributed by atoms with E-state index in [0.29, 0.717) is 0 Å². The highest BCUT2D eigenvalue weighted by molar-refractivity contribution is 5.91. The molecule has 0 unspecified atom stereocenters. The van der Waals surface area contributed by atoms with Crippen LogP contribution in [0.3, 0.4) is 0 Å². The molecule has 1 aromatic heterocycles. The summed E-state index contributed by atoms with van der Waals surface area (Å²) in [5.41, 5.74) is 0.148. The molecule has 1 aromatic rings. The first-order valence-electron chi connectivity index (χ1n) is 3.54. The lowest BCUT2D eigenvalue weighted by Gasteiger charge is -2.03. The van der Waals surface area contributed by atoms with E-state index in [0.717, 1.165) is 4.57 Å². The van der Waals surface area contributed by atoms with Gasteiger partial charge in [-0.05, 0) is 12.1 Å². The van der Waals surface area contributed by atoms with Crippen molar-refractivity contribution in [3.63, 3.8) is 0 Å².